The van der Waals surface area contributed by atoms with Crippen LogP contribution in [0.4, 0.5) is 0 Å². The van der Waals surface area contributed by atoms with Gasteiger partial charge in [-0.2, -0.15) is 0 Å². The average molecular weight is 374 g/mol. The molecular weight excluding hydrogens is 352 g/mol. The van der Waals surface area contributed by atoms with E-state index in [2.05, 4.69) is 15.6 Å². The standard InChI is InChI=1S/C22H22N4O2/c1-26-14-18(17-7-3-5-9-20(17)26)22(28)24-11-10-23-21(27)12-15-13-25-19-8-4-2-6-16(15)19/h2-9,13-14,25H,10-12H2,1H3,(H,23,27)(H,24,28). The highest BCUT2D eigenvalue weighted by Gasteiger charge is 2.13. The molecule has 0 radical (unpaired) electrons. The lowest BCUT2D eigenvalue weighted by Crippen LogP contribution is -2.35. The molecule has 4 rings (SSSR count). The van der Waals surface area contributed by atoms with Crippen molar-refractivity contribution in [3.63, 3.8) is 0 Å². The molecule has 0 saturated carbocycles. The molecule has 4 aromatic rings. The van der Waals surface area contributed by atoms with Crippen molar-refractivity contribution in [1.82, 2.24) is 20.2 Å². The van der Waals surface area contributed by atoms with Gasteiger partial charge >= 0.3 is 0 Å². The van der Waals surface area contributed by atoms with Crippen LogP contribution in [0.1, 0.15) is 15.9 Å². The molecule has 0 atom stereocenters. The second kappa shape index (κ2) is 7.60. The predicted octanol–water partition coefficient (Wildman–Crippen LogP) is 2.75. The van der Waals surface area contributed by atoms with E-state index in [4.69, 9.17) is 0 Å². The number of benzene rings is 2. The first-order chi connectivity index (χ1) is 13.6. The molecule has 6 nitrogen and oxygen atoms in total. The largest absolute Gasteiger partial charge is 0.361 e. The number of rotatable bonds is 6. The number of aromatic amines is 1. The molecule has 2 heterocycles. The third kappa shape index (κ3) is 3.49. The lowest BCUT2D eigenvalue weighted by Gasteiger charge is -2.07. The fourth-order valence-corrected chi connectivity index (χ4v) is 3.51. The highest BCUT2D eigenvalue weighted by molar-refractivity contribution is 6.07. The van der Waals surface area contributed by atoms with Crippen molar-refractivity contribution in [1.29, 1.82) is 0 Å². The first kappa shape index (κ1) is 17.9. The summed E-state index contributed by atoms with van der Waals surface area (Å²) in [6.45, 7) is 0.763. The molecule has 0 aliphatic rings. The molecular formula is C22H22N4O2. The summed E-state index contributed by atoms with van der Waals surface area (Å²) in [5, 5.41) is 7.72. The van der Waals surface area contributed by atoms with Gasteiger partial charge in [0.25, 0.3) is 5.91 Å². The van der Waals surface area contributed by atoms with Crippen LogP contribution in [0.25, 0.3) is 21.8 Å². The minimum Gasteiger partial charge on any atom is -0.361 e. The summed E-state index contributed by atoms with van der Waals surface area (Å²) in [7, 11) is 1.92. The maximum atomic E-state index is 12.5. The third-order valence-electron chi connectivity index (χ3n) is 4.90. The minimum absolute atomic E-state index is 0.0656. The molecule has 2 aromatic carbocycles. The second-order valence-corrected chi connectivity index (χ2v) is 6.81. The monoisotopic (exact) mass is 374 g/mol. The van der Waals surface area contributed by atoms with Gasteiger partial charge in [0.1, 0.15) is 0 Å². The maximum Gasteiger partial charge on any atom is 0.253 e. The molecule has 142 valence electrons. The molecule has 0 aliphatic heterocycles. The zero-order valence-corrected chi connectivity index (χ0v) is 15.7. The summed E-state index contributed by atoms with van der Waals surface area (Å²) in [5.74, 6) is -0.202. The topological polar surface area (TPSA) is 78.9 Å². The van der Waals surface area contributed by atoms with Crippen LogP contribution in [0.5, 0.6) is 0 Å². The molecule has 6 heteroatoms. The highest BCUT2D eigenvalue weighted by Crippen LogP contribution is 2.20. The zero-order valence-electron chi connectivity index (χ0n) is 15.7. The first-order valence-electron chi connectivity index (χ1n) is 9.27. The van der Waals surface area contributed by atoms with Crippen LogP contribution < -0.4 is 10.6 Å². The van der Waals surface area contributed by atoms with Crippen LogP contribution in [0.3, 0.4) is 0 Å². The molecule has 0 unspecified atom stereocenters. The molecule has 2 amide bonds. The summed E-state index contributed by atoms with van der Waals surface area (Å²) in [4.78, 5) is 27.9. The predicted molar refractivity (Wildman–Crippen MR) is 110 cm³/mol. The van der Waals surface area contributed by atoms with Crippen molar-refractivity contribution < 1.29 is 9.59 Å². The molecule has 0 spiro atoms. The Morgan fingerprint density at radius 1 is 0.964 bits per heavy atom. The Balaban J connectivity index is 1.29. The van der Waals surface area contributed by atoms with Crippen molar-refractivity contribution in [2.45, 2.75) is 6.42 Å². The van der Waals surface area contributed by atoms with E-state index in [0.717, 1.165) is 27.4 Å². The van der Waals surface area contributed by atoms with E-state index in [1.807, 2.05) is 72.5 Å². The Morgan fingerprint density at radius 2 is 1.68 bits per heavy atom. The number of nitrogens with zero attached hydrogens (tertiary/aromatic N) is 1. The van der Waals surface area contributed by atoms with Crippen molar-refractivity contribution >= 4 is 33.6 Å². The van der Waals surface area contributed by atoms with Crippen LogP contribution in [0.2, 0.25) is 0 Å². The lowest BCUT2D eigenvalue weighted by atomic mass is 10.1. The number of H-pyrrole nitrogens is 1. The van der Waals surface area contributed by atoms with Gasteiger partial charge in [-0.3, -0.25) is 9.59 Å². The van der Waals surface area contributed by atoms with Crippen LogP contribution in [0.15, 0.2) is 60.9 Å². The maximum absolute atomic E-state index is 12.5. The molecule has 2 aromatic heterocycles. The van der Waals surface area contributed by atoms with Crippen LogP contribution >= 0.6 is 0 Å². The smallest absolute Gasteiger partial charge is 0.253 e. The van der Waals surface area contributed by atoms with E-state index in [9.17, 15) is 9.59 Å². The van der Waals surface area contributed by atoms with Gasteiger partial charge in [0.05, 0.1) is 12.0 Å². The van der Waals surface area contributed by atoms with E-state index in [1.165, 1.54) is 0 Å². The number of nitrogens with one attached hydrogen (secondary N) is 3. The summed E-state index contributed by atoms with van der Waals surface area (Å²) in [6.07, 6.45) is 4.00. The van der Waals surface area contributed by atoms with Crippen molar-refractivity contribution in [2.24, 2.45) is 7.05 Å². The van der Waals surface area contributed by atoms with Gasteiger partial charge in [0, 0.05) is 54.3 Å². The summed E-state index contributed by atoms with van der Waals surface area (Å²) >= 11 is 0. The SMILES string of the molecule is Cn1cc(C(=O)NCCNC(=O)Cc2c[nH]c3ccccc23)c2ccccc21. The quantitative estimate of drug-likeness (QED) is 0.454. The minimum atomic E-state index is -0.136. The van der Waals surface area contributed by atoms with E-state index in [1.54, 1.807) is 0 Å². The summed E-state index contributed by atoms with van der Waals surface area (Å²) in [5.41, 5.74) is 3.64. The summed E-state index contributed by atoms with van der Waals surface area (Å²) < 4.78 is 1.94. The number of amides is 2. The number of para-hydroxylation sites is 2. The Kier molecular flexibility index (Phi) is 4.85. The van der Waals surface area contributed by atoms with Gasteiger partial charge in [-0.25, -0.2) is 0 Å². The Labute approximate surface area is 162 Å². The van der Waals surface area contributed by atoms with Crippen molar-refractivity contribution in [3.8, 4) is 0 Å². The fraction of sp³-hybridized carbons (Fsp3) is 0.182. The van der Waals surface area contributed by atoms with Crippen LogP contribution in [-0.2, 0) is 18.3 Å². The van der Waals surface area contributed by atoms with Gasteiger partial charge in [-0.1, -0.05) is 36.4 Å². The number of carbonyl (C=O) groups excluding carboxylic acids is 2. The highest BCUT2D eigenvalue weighted by atomic mass is 16.2. The van der Waals surface area contributed by atoms with E-state index < -0.39 is 0 Å². The van der Waals surface area contributed by atoms with Gasteiger partial charge in [0.15, 0.2) is 0 Å². The first-order valence-corrected chi connectivity index (χ1v) is 9.27. The molecule has 0 aliphatic carbocycles. The Morgan fingerprint density at radius 3 is 2.54 bits per heavy atom. The Bertz CT molecular complexity index is 1160. The van der Waals surface area contributed by atoms with E-state index >= 15 is 0 Å². The number of carbonyl (C=O) groups is 2. The molecule has 28 heavy (non-hydrogen) atoms. The zero-order chi connectivity index (χ0) is 19.5. The Hall–Kier alpha value is -3.54. The van der Waals surface area contributed by atoms with Gasteiger partial charge in [-0.05, 0) is 17.7 Å². The number of fused-ring (bicyclic) bond motifs is 2. The normalized spacial score (nSPS) is 11.0. The average Bonchev–Trinajstić information content (AvgIpc) is 3.27. The van der Waals surface area contributed by atoms with E-state index in [0.29, 0.717) is 25.1 Å². The summed E-state index contributed by atoms with van der Waals surface area (Å²) in [6, 6.07) is 15.7. The van der Waals surface area contributed by atoms with E-state index in [-0.39, 0.29) is 11.8 Å². The number of hydrogen-bond acceptors (Lipinski definition) is 2. The fourth-order valence-electron chi connectivity index (χ4n) is 3.51. The van der Waals surface area contributed by atoms with Crippen molar-refractivity contribution in [2.75, 3.05) is 13.1 Å². The van der Waals surface area contributed by atoms with Crippen LogP contribution in [-0.4, -0.2) is 34.5 Å². The molecule has 0 saturated heterocycles. The molecule has 0 bridgehead atoms. The van der Waals surface area contributed by atoms with Gasteiger partial charge < -0.3 is 20.2 Å². The van der Waals surface area contributed by atoms with Gasteiger partial charge in [0.2, 0.25) is 5.91 Å². The lowest BCUT2D eigenvalue weighted by molar-refractivity contribution is -0.120. The molecule has 3 N–H and O–H groups in total. The number of aryl methyl sites for hydroxylation is 1. The van der Waals surface area contributed by atoms with Crippen molar-refractivity contribution in [3.05, 3.63) is 72.1 Å². The number of aromatic nitrogens is 2. The van der Waals surface area contributed by atoms with Crippen LogP contribution in [0, 0.1) is 0 Å². The third-order valence-corrected chi connectivity index (χ3v) is 4.90. The molecule has 0 fully saturated rings. The number of hydrogen-bond donors (Lipinski definition) is 3. The van der Waals surface area contributed by atoms with Gasteiger partial charge in [-0.15, -0.1) is 0 Å². The second-order valence-electron chi connectivity index (χ2n) is 6.81.